The summed E-state index contributed by atoms with van der Waals surface area (Å²) in [7, 11) is 0. The maximum Gasteiger partial charge on any atom is 0.303 e. The van der Waals surface area contributed by atoms with Gasteiger partial charge in [0, 0.05) is 11.5 Å². The van der Waals surface area contributed by atoms with Crippen molar-refractivity contribution in [2.75, 3.05) is 13.2 Å². The van der Waals surface area contributed by atoms with E-state index in [1.807, 2.05) is 0 Å². The Balaban J connectivity index is 2.08. The van der Waals surface area contributed by atoms with Crippen LogP contribution in [0.3, 0.4) is 0 Å². The van der Waals surface area contributed by atoms with Gasteiger partial charge in [0.25, 0.3) is 0 Å². The number of aliphatic carboxylic acids is 1. The molecule has 0 spiro atoms. The minimum atomic E-state index is -1.51. The summed E-state index contributed by atoms with van der Waals surface area (Å²) in [5.41, 5.74) is -0.229. The maximum atomic E-state index is 14.4. The Bertz CT molecular complexity index is 587. The number of hydrogen-bond acceptors (Lipinski definition) is 3. The number of ether oxygens (including phenoxy) is 2. The average molecular weight is 308 g/mol. The van der Waals surface area contributed by atoms with Gasteiger partial charge < -0.3 is 14.6 Å². The van der Waals surface area contributed by atoms with E-state index in [0.29, 0.717) is 36.2 Å². The summed E-state index contributed by atoms with van der Waals surface area (Å²) >= 11 is 0. The minimum Gasteiger partial charge on any atom is -0.486 e. The first-order valence-electron chi connectivity index (χ1n) is 7.71. The second-order valence-electron chi connectivity index (χ2n) is 6.60. The zero-order chi connectivity index (χ0) is 15.9. The van der Waals surface area contributed by atoms with Gasteiger partial charge in [-0.05, 0) is 50.3 Å². The quantitative estimate of drug-likeness (QED) is 0.902. The predicted octanol–water partition coefficient (Wildman–Crippen LogP) is 3.63. The van der Waals surface area contributed by atoms with Crippen LogP contribution in [-0.4, -0.2) is 24.3 Å². The predicted molar refractivity (Wildman–Crippen MR) is 79.3 cm³/mol. The molecular weight excluding hydrogens is 287 g/mol. The molecule has 0 bridgehead atoms. The van der Waals surface area contributed by atoms with Crippen LogP contribution in [0.15, 0.2) is 12.1 Å². The van der Waals surface area contributed by atoms with Crippen molar-refractivity contribution in [2.45, 2.75) is 44.7 Å². The van der Waals surface area contributed by atoms with Crippen molar-refractivity contribution in [3.05, 3.63) is 23.3 Å². The molecule has 1 saturated carbocycles. The lowest BCUT2D eigenvalue weighted by atomic mass is 9.86. The topological polar surface area (TPSA) is 55.8 Å². The third-order valence-corrected chi connectivity index (χ3v) is 4.34. The first-order chi connectivity index (χ1) is 10.4. The van der Waals surface area contributed by atoms with E-state index < -0.39 is 11.6 Å². The van der Waals surface area contributed by atoms with E-state index in [9.17, 15) is 14.3 Å². The van der Waals surface area contributed by atoms with Gasteiger partial charge in [-0.3, -0.25) is 4.79 Å². The summed E-state index contributed by atoms with van der Waals surface area (Å²) < 4.78 is 25.7. The van der Waals surface area contributed by atoms with Crippen molar-refractivity contribution in [1.29, 1.82) is 0 Å². The Hall–Kier alpha value is -1.78. The summed E-state index contributed by atoms with van der Waals surface area (Å²) in [6.07, 6.45) is 2.06. The lowest BCUT2D eigenvalue weighted by Crippen LogP contribution is -2.21. The lowest BCUT2D eigenvalue weighted by Gasteiger charge is -2.27. The first kappa shape index (κ1) is 15.1. The molecule has 2 aliphatic rings. The smallest absolute Gasteiger partial charge is 0.303 e. The van der Waals surface area contributed by atoms with Crippen LogP contribution in [0.5, 0.6) is 11.5 Å². The number of hydrogen-bond donors (Lipinski definition) is 1. The molecule has 1 unspecified atom stereocenters. The average Bonchev–Trinajstić information content (AvgIpc) is 3.27. The van der Waals surface area contributed by atoms with Crippen molar-refractivity contribution >= 4 is 5.97 Å². The van der Waals surface area contributed by atoms with Gasteiger partial charge in [0.2, 0.25) is 0 Å². The monoisotopic (exact) mass is 308 g/mol. The van der Waals surface area contributed by atoms with Crippen LogP contribution in [-0.2, 0) is 10.5 Å². The molecular formula is C17H21FO4. The Morgan fingerprint density at radius 1 is 1.36 bits per heavy atom. The molecule has 1 heterocycles. The van der Waals surface area contributed by atoms with Crippen molar-refractivity contribution in [3.8, 4) is 11.5 Å². The first-order valence-corrected chi connectivity index (χ1v) is 7.71. The summed E-state index contributed by atoms with van der Waals surface area (Å²) in [5, 5.41) is 9.21. The van der Waals surface area contributed by atoms with Gasteiger partial charge in [0.1, 0.15) is 18.9 Å². The number of benzene rings is 1. The van der Waals surface area contributed by atoms with Gasteiger partial charge in [0.05, 0.1) is 6.42 Å². The second kappa shape index (κ2) is 5.45. The van der Waals surface area contributed by atoms with E-state index in [1.54, 1.807) is 12.1 Å². The number of carboxylic acid groups (broad SMARTS) is 1. The van der Waals surface area contributed by atoms with Crippen LogP contribution >= 0.6 is 0 Å². The standard InChI is InChI=1S/C17H21FO4/c1-17(2,18)11-7-13(12(9-15(19)20)10-3-4-10)16-14(8-11)21-5-6-22-16/h7-8,10,12H,3-6,9H2,1-2H3,(H,19,20). The maximum absolute atomic E-state index is 14.4. The van der Waals surface area contributed by atoms with Crippen LogP contribution in [0.25, 0.3) is 0 Å². The summed E-state index contributed by atoms with van der Waals surface area (Å²) in [6.45, 7) is 3.84. The van der Waals surface area contributed by atoms with Gasteiger partial charge in [-0.1, -0.05) is 0 Å². The van der Waals surface area contributed by atoms with E-state index in [1.165, 1.54) is 13.8 Å². The molecule has 3 rings (SSSR count). The molecule has 1 aliphatic heterocycles. The van der Waals surface area contributed by atoms with Crippen LogP contribution < -0.4 is 9.47 Å². The lowest BCUT2D eigenvalue weighted by molar-refractivity contribution is -0.137. The van der Waals surface area contributed by atoms with Gasteiger partial charge in [-0.2, -0.15) is 0 Å². The molecule has 0 saturated heterocycles. The fourth-order valence-electron chi connectivity index (χ4n) is 3.02. The molecule has 0 amide bonds. The van der Waals surface area contributed by atoms with Crippen molar-refractivity contribution in [1.82, 2.24) is 0 Å². The SMILES string of the molecule is CC(C)(F)c1cc2c(c(C(CC(=O)O)C3CC3)c1)OCCO2. The molecule has 22 heavy (non-hydrogen) atoms. The third kappa shape index (κ3) is 3.03. The van der Waals surface area contributed by atoms with Crippen LogP contribution in [0, 0.1) is 5.92 Å². The molecule has 1 N–H and O–H groups in total. The Labute approximate surface area is 129 Å². The molecule has 4 nitrogen and oxygen atoms in total. The molecule has 1 aromatic rings. The Morgan fingerprint density at radius 2 is 2.05 bits per heavy atom. The summed E-state index contributed by atoms with van der Waals surface area (Å²) in [5.74, 6) is 0.476. The second-order valence-corrected chi connectivity index (χ2v) is 6.60. The molecule has 1 aromatic carbocycles. The van der Waals surface area contributed by atoms with Crippen LogP contribution in [0.2, 0.25) is 0 Å². The van der Waals surface area contributed by atoms with Gasteiger partial charge in [-0.25, -0.2) is 4.39 Å². The van der Waals surface area contributed by atoms with E-state index in [2.05, 4.69) is 0 Å². The van der Waals surface area contributed by atoms with E-state index >= 15 is 0 Å². The fraction of sp³-hybridized carbons (Fsp3) is 0.588. The molecule has 1 fully saturated rings. The van der Waals surface area contributed by atoms with Crippen molar-refractivity contribution < 1.29 is 23.8 Å². The van der Waals surface area contributed by atoms with E-state index in [4.69, 9.17) is 9.47 Å². The molecule has 120 valence electrons. The molecule has 1 aliphatic carbocycles. The zero-order valence-electron chi connectivity index (χ0n) is 12.9. The molecule has 5 heteroatoms. The number of alkyl halides is 1. The van der Waals surface area contributed by atoms with Gasteiger partial charge >= 0.3 is 5.97 Å². The van der Waals surface area contributed by atoms with E-state index in [-0.39, 0.29) is 12.3 Å². The molecule has 0 radical (unpaired) electrons. The van der Waals surface area contributed by atoms with Crippen LogP contribution in [0.4, 0.5) is 4.39 Å². The largest absolute Gasteiger partial charge is 0.486 e. The highest BCUT2D eigenvalue weighted by molar-refractivity contribution is 5.69. The summed E-state index contributed by atoms with van der Waals surface area (Å²) in [4.78, 5) is 11.2. The summed E-state index contributed by atoms with van der Waals surface area (Å²) in [6, 6.07) is 3.43. The number of carboxylic acids is 1. The third-order valence-electron chi connectivity index (χ3n) is 4.34. The highest BCUT2D eigenvalue weighted by Gasteiger charge is 2.38. The van der Waals surface area contributed by atoms with Crippen molar-refractivity contribution in [3.63, 3.8) is 0 Å². The van der Waals surface area contributed by atoms with Gasteiger partial charge in [0.15, 0.2) is 11.5 Å². The van der Waals surface area contributed by atoms with Crippen molar-refractivity contribution in [2.24, 2.45) is 5.92 Å². The zero-order valence-corrected chi connectivity index (χ0v) is 12.9. The Morgan fingerprint density at radius 3 is 2.64 bits per heavy atom. The number of fused-ring (bicyclic) bond motifs is 1. The van der Waals surface area contributed by atoms with E-state index in [0.717, 1.165) is 18.4 Å². The normalized spacial score (nSPS) is 18.9. The molecule has 0 aromatic heterocycles. The highest BCUT2D eigenvalue weighted by Crippen LogP contribution is 2.50. The minimum absolute atomic E-state index is 0.0383. The Kier molecular flexibility index (Phi) is 3.75. The fourth-order valence-corrected chi connectivity index (χ4v) is 3.02. The number of carbonyl (C=O) groups is 1. The van der Waals surface area contributed by atoms with Crippen LogP contribution in [0.1, 0.15) is 50.2 Å². The molecule has 1 atom stereocenters. The highest BCUT2D eigenvalue weighted by atomic mass is 19.1. The van der Waals surface area contributed by atoms with Gasteiger partial charge in [-0.15, -0.1) is 0 Å². The number of halogens is 1. The number of rotatable bonds is 5.